The molecule has 1 aromatic rings. The number of ether oxygens (including phenoxy) is 1. The summed E-state index contributed by atoms with van der Waals surface area (Å²) in [5.74, 6) is 0. The van der Waals surface area contributed by atoms with E-state index in [0.29, 0.717) is 6.10 Å². The van der Waals surface area contributed by atoms with E-state index in [2.05, 4.69) is 36.3 Å². The number of aromatic nitrogens is 2. The van der Waals surface area contributed by atoms with Gasteiger partial charge in [-0.15, -0.1) is 0 Å². The third-order valence-electron chi connectivity index (χ3n) is 3.45. The van der Waals surface area contributed by atoms with E-state index in [0.717, 1.165) is 26.1 Å². The van der Waals surface area contributed by atoms with Crippen molar-refractivity contribution in [2.24, 2.45) is 0 Å². The molecule has 4 nitrogen and oxygen atoms in total. The number of hydrogen-bond donors (Lipinski definition) is 2. The van der Waals surface area contributed by atoms with Crippen LogP contribution in [0.5, 0.6) is 0 Å². The second kappa shape index (κ2) is 5.85. The molecule has 2 heterocycles. The Labute approximate surface area is 110 Å². The summed E-state index contributed by atoms with van der Waals surface area (Å²) >= 11 is 0. The zero-order chi connectivity index (χ0) is 13.0. The Bertz CT molecular complexity index is 361. The smallest absolute Gasteiger partial charge is 0.0588 e. The van der Waals surface area contributed by atoms with E-state index < -0.39 is 0 Å². The molecule has 1 aliphatic heterocycles. The third-order valence-corrected chi connectivity index (χ3v) is 3.45. The zero-order valence-corrected chi connectivity index (χ0v) is 11.8. The largest absolute Gasteiger partial charge is 0.378 e. The van der Waals surface area contributed by atoms with Crippen molar-refractivity contribution in [3.05, 3.63) is 17.5 Å². The van der Waals surface area contributed by atoms with Crippen LogP contribution >= 0.6 is 0 Å². The molecule has 2 rings (SSSR count). The van der Waals surface area contributed by atoms with E-state index in [1.807, 2.05) is 6.20 Å². The fourth-order valence-corrected chi connectivity index (χ4v) is 2.45. The van der Waals surface area contributed by atoms with E-state index >= 15 is 0 Å². The van der Waals surface area contributed by atoms with E-state index in [9.17, 15) is 0 Å². The summed E-state index contributed by atoms with van der Waals surface area (Å²) in [4.78, 5) is 0. The molecule has 18 heavy (non-hydrogen) atoms. The van der Waals surface area contributed by atoms with Gasteiger partial charge in [0.2, 0.25) is 0 Å². The normalized spacial score (nSPS) is 20.5. The highest BCUT2D eigenvalue weighted by Crippen LogP contribution is 2.23. The van der Waals surface area contributed by atoms with Gasteiger partial charge in [-0.3, -0.25) is 5.10 Å². The Hall–Kier alpha value is -0.870. The van der Waals surface area contributed by atoms with Gasteiger partial charge in [-0.05, 0) is 25.8 Å². The van der Waals surface area contributed by atoms with Crippen LogP contribution in [0.4, 0.5) is 0 Å². The third kappa shape index (κ3) is 3.56. The van der Waals surface area contributed by atoms with Gasteiger partial charge in [-0.25, -0.2) is 0 Å². The molecule has 4 heteroatoms. The number of rotatable bonds is 5. The lowest BCUT2D eigenvalue weighted by Crippen LogP contribution is -2.22. The van der Waals surface area contributed by atoms with Crippen LogP contribution in [0.25, 0.3) is 0 Å². The van der Waals surface area contributed by atoms with E-state index in [1.165, 1.54) is 24.1 Å². The van der Waals surface area contributed by atoms with Crippen molar-refractivity contribution >= 4 is 0 Å². The molecule has 0 bridgehead atoms. The number of nitrogens with zero attached hydrogens (tertiary/aromatic N) is 1. The highest BCUT2D eigenvalue weighted by Gasteiger charge is 2.20. The molecule has 1 aliphatic rings. The monoisotopic (exact) mass is 251 g/mol. The van der Waals surface area contributed by atoms with Crippen molar-refractivity contribution in [2.75, 3.05) is 13.2 Å². The Morgan fingerprint density at radius 3 is 3.00 bits per heavy atom. The van der Waals surface area contributed by atoms with Gasteiger partial charge in [0.1, 0.15) is 0 Å². The predicted molar refractivity (Wildman–Crippen MR) is 72.6 cm³/mol. The summed E-state index contributed by atoms with van der Waals surface area (Å²) in [6, 6.07) is 0. The van der Waals surface area contributed by atoms with Gasteiger partial charge in [0.15, 0.2) is 0 Å². The van der Waals surface area contributed by atoms with Gasteiger partial charge in [0, 0.05) is 29.8 Å². The lowest BCUT2D eigenvalue weighted by Gasteiger charge is -2.18. The molecular weight excluding hydrogens is 226 g/mol. The number of nitrogens with one attached hydrogen (secondary N) is 2. The first kappa shape index (κ1) is 13.6. The van der Waals surface area contributed by atoms with Crippen LogP contribution in [0.3, 0.4) is 0 Å². The van der Waals surface area contributed by atoms with Crippen molar-refractivity contribution in [1.82, 2.24) is 15.5 Å². The molecule has 0 radical (unpaired) electrons. The van der Waals surface area contributed by atoms with E-state index in [4.69, 9.17) is 4.74 Å². The first-order valence-electron chi connectivity index (χ1n) is 6.92. The first-order chi connectivity index (χ1) is 8.57. The number of aromatic amines is 1. The average Bonchev–Trinajstić information content (AvgIpc) is 2.94. The summed E-state index contributed by atoms with van der Waals surface area (Å²) in [6.07, 6.45) is 5.97. The van der Waals surface area contributed by atoms with Gasteiger partial charge >= 0.3 is 0 Å². The van der Waals surface area contributed by atoms with Crippen molar-refractivity contribution in [1.29, 1.82) is 0 Å². The fraction of sp³-hybridized carbons (Fsp3) is 0.786. The second-order valence-electron chi connectivity index (χ2n) is 6.12. The maximum absolute atomic E-state index is 5.61. The molecule has 0 spiro atoms. The summed E-state index contributed by atoms with van der Waals surface area (Å²) in [5, 5.41) is 10.8. The van der Waals surface area contributed by atoms with Crippen molar-refractivity contribution in [2.45, 2.75) is 58.1 Å². The van der Waals surface area contributed by atoms with Gasteiger partial charge < -0.3 is 10.1 Å². The van der Waals surface area contributed by atoms with Gasteiger partial charge in [0.25, 0.3) is 0 Å². The van der Waals surface area contributed by atoms with Crippen LogP contribution < -0.4 is 5.32 Å². The Morgan fingerprint density at radius 2 is 2.33 bits per heavy atom. The molecule has 1 saturated heterocycles. The topological polar surface area (TPSA) is 49.9 Å². The molecule has 102 valence electrons. The van der Waals surface area contributed by atoms with Crippen LogP contribution in [-0.2, 0) is 16.7 Å². The van der Waals surface area contributed by atoms with Crippen LogP contribution in [0.15, 0.2) is 6.20 Å². The molecule has 2 N–H and O–H groups in total. The van der Waals surface area contributed by atoms with Gasteiger partial charge in [-0.2, -0.15) is 5.10 Å². The minimum absolute atomic E-state index is 0.127. The predicted octanol–water partition coefficient (Wildman–Crippen LogP) is 2.37. The molecule has 0 unspecified atom stereocenters. The highest BCUT2D eigenvalue weighted by atomic mass is 16.5. The quantitative estimate of drug-likeness (QED) is 0.790. The molecule has 1 fully saturated rings. The van der Waals surface area contributed by atoms with Crippen LogP contribution in [0.1, 0.15) is 51.3 Å². The average molecular weight is 251 g/mol. The van der Waals surface area contributed by atoms with Crippen molar-refractivity contribution in [3.8, 4) is 0 Å². The summed E-state index contributed by atoms with van der Waals surface area (Å²) < 4.78 is 5.61. The summed E-state index contributed by atoms with van der Waals surface area (Å²) in [7, 11) is 0. The van der Waals surface area contributed by atoms with E-state index in [-0.39, 0.29) is 5.41 Å². The highest BCUT2D eigenvalue weighted by molar-refractivity contribution is 5.23. The van der Waals surface area contributed by atoms with Crippen LogP contribution in [0.2, 0.25) is 0 Å². The first-order valence-corrected chi connectivity index (χ1v) is 6.92. The minimum Gasteiger partial charge on any atom is -0.378 e. The molecule has 1 aromatic heterocycles. The lowest BCUT2D eigenvalue weighted by atomic mass is 9.89. The SMILES string of the molecule is CC(C)(C)c1[nH]ncc1CNCC[C@@H]1CCCO1. The molecule has 0 aliphatic carbocycles. The van der Waals surface area contributed by atoms with Crippen LogP contribution in [-0.4, -0.2) is 29.5 Å². The Kier molecular flexibility index (Phi) is 4.40. The zero-order valence-electron chi connectivity index (χ0n) is 11.8. The maximum atomic E-state index is 5.61. The second-order valence-corrected chi connectivity index (χ2v) is 6.12. The maximum Gasteiger partial charge on any atom is 0.0588 e. The number of hydrogen-bond acceptors (Lipinski definition) is 3. The Balaban J connectivity index is 1.74. The van der Waals surface area contributed by atoms with Crippen LogP contribution in [0, 0.1) is 0 Å². The summed E-state index contributed by atoms with van der Waals surface area (Å²) in [6.45, 7) is 9.46. The van der Waals surface area contributed by atoms with Gasteiger partial charge in [0.05, 0.1) is 12.3 Å². The molecule has 1 atom stereocenters. The van der Waals surface area contributed by atoms with Crippen molar-refractivity contribution in [3.63, 3.8) is 0 Å². The van der Waals surface area contributed by atoms with E-state index in [1.54, 1.807) is 0 Å². The van der Waals surface area contributed by atoms with Crippen molar-refractivity contribution < 1.29 is 4.74 Å². The fourth-order valence-electron chi connectivity index (χ4n) is 2.45. The standard InChI is InChI=1S/C14H25N3O/c1-14(2,3)13-11(10-16-17-13)9-15-7-6-12-5-4-8-18-12/h10,12,15H,4-9H2,1-3H3,(H,16,17)/t12-/m0/s1. The molecule has 0 saturated carbocycles. The minimum atomic E-state index is 0.127. The molecule has 0 amide bonds. The number of H-pyrrole nitrogens is 1. The molecular formula is C14H25N3O. The lowest BCUT2D eigenvalue weighted by molar-refractivity contribution is 0.104. The Morgan fingerprint density at radius 1 is 1.50 bits per heavy atom. The molecule has 0 aromatic carbocycles. The summed E-state index contributed by atoms with van der Waals surface area (Å²) in [5.41, 5.74) is 2.63. The van der Waals surface area contributed by atoms with Gasteiger partial charge in [-0.1, -0.05) is 20.8 Å².